The highest BCUT2D eigenvalue weighted by atomic mass is 16.3. The summed E-state index contributed by atoms with van der Waals surface area (Å²) < 4.78 is 5.37. The van der Waals surface area contributed by atoms with Crippen LogP contribution < -0.4 is 5.32 Å². The number of rotatable bonds is 6. The van der Waals surface area contributed by atoms with Gasteiger partial charge in [-0.25, -0.2) is 0 Å². The normalized spacial score (nSPS) is 19.6. The van der Waals surface area contributed by atoms with Gasteiger partial charge in [0.1, 0.15) is 5.76 Å². The molecule has 2 heterocycles. The van der Waals surface area contributed by atoms with Crippen molar-refractivity contribution >= 4 is 0 Å². The lowest BCUT2D eigenvalue weighted by Gasteiger charge is -2.21. The Morgan fingerprint density at radius 2 is 2.06 bits per heavy atom. The van der Waals surface area contributed by atoms with Crippen LogP contribution in [0.15, 0.2) is 22.8 Å². The van der Waals surface area contributed by atoms with Crippen molar-refractivity contribution in [3.63, 3.8) is 0 Å². The standard InChI is InChI=1S/C15H26N2O/c1-14(13-15-7-6-12-18-15)16-8-11-17-9-4-2-3-5-10-17/h6-7,12,14,16H,2-5,8-11,13H2,1H3. The quantitative estimate of drug-likeness (QED) is 0.841. The molecule has 1 aliphatic heterocycles. The van der Waals surface area contributed by atoms with E-state index in [9.17, 15) is 0 Å². The maximum absolute atomic E-state index is 5.37. The van der Waals surface area contributed by atoms with Crippen LogP contribution in [0.5, 0.6) is 0 Å². The van der Waals surface area contributed by atoms with Crippen LogP contribution in [0.1, 0.15) is 38.4 Å². The van der Waals surface area contributed by atoms with E-state index in [-0.39, 0.29) is 0 Å². The van der Waals surface area contributed by atoms with E-state index in [1.54, 1.807) is 6.26 Å². The Labute approximate surface area is 111 Å². The second-order valence-electron chi connectivity index (χ2n) is 5.39. The van der Waals surface area contributed by atoms with Gasteiger partial charge in [-0.15, -0.1) is 0 Å². The zero-order valence-electron chi connectivity index (χ0n) is 11.5. The van der Waals surface area contributed by atoms with Crippen LogP contribution in [-0.4, -0.2) is 37.1 Å². The maximum Gasteiger partial charge on any atom is 0.105 e. The topological polar surface area (TPSA) is 28.4 Å². The predicted octanol–water partition coefficient (Wildman–Crippen LogP) is 2.68. The van der Waals surface area contributed by atoms with Gasteiger partial charge in [0.25, 0.3) is 0 Å². The van der Waals surface area contributed by atoms with Crippen LogP contribution in [-0.2, 0) is 6.42 Å². The van der Waals surface area contributed by atoms with E-state index >= 15 is 0 Å². The number of hydrogen-bond acceptors (Lipinski definition) is 3. The minimum Gasteiger partial charge on any atom is -0.469 e. The fourth-order valence-corrected chi connectivity index (χ4v) is 2.63. The smallest absolute Gasteiger partial charge is 0.105 e. The van der Waals surface area contributed by atoms with Gasteiger partial charge in [-0.2, -0.15) is 0 Å². The first kappa shape index (κ1) is 13.6. The van der Waals surface area contributed by atoms with E-state index in [1.807, 2.05) is 12.1 Å². The van der Waals surface area contributed by atoms with Gasteiger partial charge in [0, 0.05) is 25.6 Å². The summed E-state index contributed by atoms with van der Waals surface area (Å²) in [6.07, 6.45) is 8.31. The first-order valence-electron chi connectivity index (χ1n) is 7.33. The highest BCUT2D eigenvalue weighted by molar-refractivity contribution is 4.99. The molecule has 0 spiro atoms. The Morgan fingerprint density at radius 1 is 1.28 bits per heavy atom. The second kappa shape index (κ2) is 7.59. The van der Waals surface area contributed by atoms with Crippen molar-refractivity contribution in [2.24, 2.45) is 0 Å². The van der Waals surface area contributed by atoms with Crippen LogP contribution in [0.2, 0.25) is 0 Å². The summed E-state index contributed by atoms with van der Waals surface area (Å²) in [6, 6.07) is 4.50. The molecule has 1 unspecified atom stereocenters. The van der Waals surface area contributed by atoms with Gasteiger partial charge in [0.2, 0.25) is 0 Å². The zero-order chi connectivity index (χ0) is 12.6. The summed E-state index contributed by atoms with van der Waals surface area (Å²) in [5, 5.41) is 3.59. The third kappa shape index (κ3) is 4.83. The molecule has 0 aromatic carbocycles. The molecule has 1 saturated heterocycles. The Morgan fingerprint density at radius 3 is 2.72 bits per heavy atom. The van der Waals surface area contributed by atoms with E-state index in [4.69, 9.17) is 4.42 Å². The molecule has 1 aromatic heterocycles. The van der Waals surface area contributed by atoms with Gasteiger partial charge < -0.3 is 14.6 Å². The average Bonchev–Trinajstić information content (AvgIpc) is 2.72. The van der Waals surface area contributed by atoms with Gasteiger partial charge in [0.15, 0.2) is 0 Å². The summed E-state index contributed by atoms with van der Waals surface area (Å²) in [5.74, 6) is 1.07. The molecule has 0 bridgehead atoms. The van der Waals surface area contributed by atoms with E-state index < -0.39 is 0 Å². The van der Waals surface area contributed by atoms with Crippen LogP contribution >= 0.6 is 0 Å². The second-order valence-corrected chi connectivity index (χ2v) is 5.39. The lowest BCUT2D eigenvalue weighted by atomic mass is 10.2. The average molecular weight is 250 g/mol. The van der Waals surface area contributed by atoms with Crippen LogP contribution in [0.3, 0.4) is 0 Å². The molecule has 1 N–H and O–H groups in total. The van der Waals surface area contributed by atoms with Crippen molar-refractivity contribution in [3.8, 4) is 0 Å². The van der Waals surface area contributed by atoms with E-state index in [2.05, 4.69) is 17.1 Å². The van der Waals surface area contributed by atoms with Gasteiger partial charge in [-0.3, -0.25) is 0 Å². The highest BCUT2D eigenvalue weighted by Crippen LogP contribution is 2.09. The molecule has 0 aliphatic carbocycles. The van der Waals surface area contributed by atoms with Crippen molar-refractivity contribution in [1.82, 2.24) is 10.2 Å². The molecular formula is C15H26N2O. The van der Waals surface area contributed by atoms with Crippen LogP contribution in [0, 0.1) is 0 Å². The fraction of sp³-hybridized carbons (Fsp3) is 0.733. The molecule has 0 saturated carbocycles. The molecule has 1 atom stereocenters. The molecule has 18 heavy (non-hydrogen) atoms. The molecular weight excluding hydrogens is 224 g/mol. The first-order valence-corrected chi connectivity index (χ1v) is 7.33. The molecule has 1 aliphatic rings. The largest absolute Gasteiger partial charge is 0.469 e. The van der Waals surface area contributed by atoms with E-state index in [0.29, 0.717) is 6.04 Å². The van der Waals surface area contributed by atoms with Crippen molar-refractivity contribution in [2.75, 3.05) is 26.2 Å². The van der Waals surface area contributed by atoms with Gasteiger partial charge >= 0.3 is 0 Å². The SMILES string of the molecule is CC(Cc1ccco1)NCCN1CCCCCC1. The molecule has 0 radical (unpaired) electrons. The van der Waals surface area contributed by atoms with Gasteiger partial charge in [-0.05, 0) is 45.0 Å². The summed E-state index contributed by atoms with van der Waals surface area (Å²) in [5.41, 5.74) is 0. The summed E-state index contributed by atoms with van der Waals surface area (Å²) in [4.78, 5) is 2.60. The number of furan rings is 1. The Balaban J connectivity index is 1.59. The third-order valence-corrected chi connectivity index (χ3v) is 3.71. The van der Waals surface area contributed by atoms with Gasteiger partial charge in [-0.1, -0.05) is 12.8 Å². The van der Waals surface area contributed by atoms with Crippen molar-refractivity contribution in [2.45, 2.75) is 45.1 Å². The van der Waals surface area contributed by atoms with E-state index in [0.717, 1.165) is 18.7 Å². The summed E-state index contributed by atoms with van der Waals surface area (Å²) in [7, 11) is 0. The fourth-order valence-electron chi connectivity index (χ4n) is 2.63. The summed E-state index contributed by atoms with van der Waals surface area (Å²) in [6.45, 7) is 7.07. The predicted molar refractivity (Wildman–Crippen MR) is 74.8 cm³/mol. The van der Waals surface area contributed by atoms with E-state index in [1.165, 1.54) is 45.3 Å². The van der Waals surface area contributed by atoms with Crippen LogP contribution in [0.25, 0.3) is 0 Å². The molecule has 3 nitrogen and oxygen atoms in total. The third-order valence-electron chi connectivity index (χ3n) is 3.71. The monoisotopic (exact) mass is 250 g/mol. The minimum atomic E-state index is 0.489. The molecule has 1 fully saturated rings. The molecule has 2 rings (SSSR count). The van der Waals surface area contributed by atoms with Crippen molar-refractivity contribution in [3.05, 3.63) is 24.2 Å². The molecule has 0 amide bonds. The van der Waals surface area contributed by atoms with Crippen molar-refractivity contribution < 1.29 is 4.42 Å². The number of nitrogens with zero attached hydrogens (tertiary/aromatic N) is 1. The Kier molecular flexibility index (Phi) is 5.75. The van der Waals surface area contributed by atoms with Crippen molar-refractivity contribution in [1.29, 1.82) is 0 Å². The number of likely N-dealkylation sites (tertiary alicyclic amines) is 1. The minimum absolute atomic E-state index is 0.489. The zero-order valence-corrected chi connectivity index (χ0v) is 11.5. The Bertz CT molecular complexity index is 302. The molecule has 1 aromatic rings. The highest BCUT2D eigenvalue weighted by Gasteiger charge is 2.09. The molecule has 102 valence electrons. The number of hydrogen-bond donors (Lipinski definition) is 1. The lowest BCUT2D eigenvalue weighted by Crippen LogP contribution is -2.37. The molecule has 3 heteroatoms. The van der Waals surface area contributed by atoms with Gasteiger partial charge in [0.05, 0.1) is 6.26 Å². The number of nitrogens with one attached hydrogen (secondary N) is 1. The van der Waals surface area contributed by atoms with Crippen LogP contribution in [0.4, 0.5) is 0 Å². The lowest BCUT2D eigenvalue weighted by molar-refractivity contribution is 0.279. The maximum atomic E-state index is 5.37. The summed E-state index contributed by atoms with van der Waals surface area (Å²) >= 11 is 0. The Hall–Kier alpha value is -0.800. The first-order chi connectivity index (χ1) is 8.84.